The van der Waals surface area contributed by atoms with E-state index in [9.17, 15) is 5.11 Å². The molecule has 3 unspecified atom stereocenters. The van der Waals surface area contributed by atoms with E-state index in [1.807, 2.05) is 18.2 Å². The topological polar surface area (TPSA) is 49.5 Å². The Hall–Kier alpha value is -0.610. The first-order chi connectivity index (χ1) is 8.61. The monoisotopic (exact) mass is 268 g/mol. The summed E-state index contributed by atoms with van der Waals surface area (Å²) in [6.45, 7) is 3.69. The molecule has 18 heavy (non-hydrogen) atoms. The van der Waals surface area contributed by atoms with Crippen molar-refractivity contribution in [3.05, 3.63) is 34.9 Å². The van der Waals surface area contributed by atoms with Crippen molar-refractivity contribution in [2.24, 2.45) is 5.73 Å². The first-order valence-electron chi connectivity index (χ1n) is 6.55. The zero-order chi connectivity index (χ0) is 13.1. The summed E-state index contributed by atoms with van der Waals surface area (Å²) in [4.78, 5) is 2.27. The SMILES string of the molecule is CCC(N)C(c1cccc(Cl)c1)N1CCC(O)C1. The number of hydrogen-bond donors (Lipinski definition) is 2. The molecule has 0 bridgehead atoms. The Morgan fingerprint density at radius 3 is 2.89 bits per heavy atom. The molecular weight excluding hydrogens is 248 g/mol. The van der Waals surface area contributed by atoms with Crippen LogP contribution in [0.4, 0.5) is 0 Å². The first kappa shape index (κ1) is 13.8. The lowest BCUT2D eigenvalue weighted by Crippen LogP contribution is -2.40. The molecule has 0 amide bonds. The summed E-state index contributed by atoms with van der Waals surface area (Å²) in [6.07, 6.45) is 1.51. The van der Waals surface area contributed by atoms with Crippen molar-refractivity contribution >= 4 is 11.6 Å². The molecule has 100 valence electrons. The van der Waals surface area contributed by atoms with E-state index >= 15 is 0 Å². The molecule has 1 saturated heterocycles. The van der Waals surface area contributed by atoms with Crippen molar-refractivity contribution in [2.75, 3.05) is 13.1 Å². The Labute approximate surface area is 114 Å². The van der Waals surface area contributed by atoms with Crippen molar-refractivity contribution in [1.82, 2.24) is 4.90 Å². The van der Waals surface area contributed by atoms with Crippen molar-refractivity contribution < 1.29 is 5.11 Å². The number of benzene rings is 1. The molecular formula is C14H21ClN2O. The van der Waals surface area contributed by atoms with E-state index in [0.29, 0.717) is 6.54 Å². The third-order valence-corrected chi connectivity index (χ3v) is 3.89. The fourth-order valence-electron chi connectivity index (χ4n) is 2.66. The molecule has 0 aromatic heterocycles. The molecule has 3 N–H and O–H groups in total. The minimum atomic E-state index is -0.226. The number of rotatable bonds is 4. The van der Waals surface area contributed by atoms with E-state index in [-0.39, 0.29) is 18.2 Å². The van der Waals surface area contributed by atoms with Crippen LogP contribution in [0, 0.1) is 0 Å². The molecule has 0 aliphatic carbocycles. The summed E-state index contributed by atoms with van der Waals surface area (Å²) in [7, 11) is 0. The van der Waals surface area contributed by atoms with Gasteiger partial charge in [-0.2, -0.15) is 0 Å². The third kappa shape index (κ3) is 3.04. The molecule has 1 aromatic carbocycles. The van der Waals surface area contributed by atoms with E-state index in [1.54, 1.807) is 0 Å². The van der Waals surface area contributed by atoms with Crippen LogP contribution in [0.3, 0.4) is 0 Å². The molecule has 2 rings (SSSR count). The molecule has 1 aliphatic rings. The quantitative estimate of drug-likeness (QED) is 0.880. The molecule has 3 nitrogen and oxygen atoms in total. The smallest absolute Gasteiger partial charge is 0.0679 e. The predicted molar refractivity (Wildman–Crippen MR) is 74.7 cm³/mol. The maximum absolute atomic E-state index is 9.70. The Balaban J connectivity index is 2.25. The van der Waals surface area contributed by atoms with Crippen LogP contribution in [0.1, 0.15) is 31.4 Å². The van der Waals surface area contributed by atoms with Crippen LogP contribution in [-0.2, 0) is 0 Å². The van der Waals surface area contributed by atoms with Gasteiger partial charge in [-0.05, 0) is 30.5 Å². The summed E-state index contributed by atoms with van der Waals surface area (Å²) in [5.74, 6) is 0. The molecule has 1 fully saturated rings. The van der Waals surface area contributed by atoms with Crippen molar-refractivity contribution in [3.63, 3.8) is 0 Å². The van der Waals surface area contributed by atoms with Crippen molar-refractivity contribution in [1.29, 1.82) is 0 Å². The average molecular weight is 269 g/mol. The van der Waals surface area contributed by atoms with Crippen LogP contribution in [0.5, 0.6) is 0 Å². The molecule has 3 atom stereocenters. The van der Waals surface area contributed by atoms with Gasteiger partial charge in [0.15, 0.2) is 0 Å². The fraction of sp³-hybridized carbons (Fsp3) is 0.571. The highest BCUT2D eigenvalue weighted by Crippen LogP contribution is 2.30. The zero-order valence-corrected chi connectivity index (χ0v) is 11.5. The molecule has 4 heteroatoms. The van der Waals surface area contributed by atoms with Gasteiger partial charge in [-0.1, -0.05) is 30.7 Å². The summed E-state index contributed by atoms with van der Waals surface area (Å²) in [5.41, 5.74) is 7.40. The maximum Gasteiger partial charge on any atom is 0.0679 e. The van der Waals surface area contributed by atoms with Crippen LogP contribution in [0.2, 0.25) is 5.02 Å². The zero-order valence-electron chi connectivity index (χ0n) is 10.7. The van der Waals surface area contributed by atoms with Crippen LogP contribution in [-0.4, -0.2) is 35.2 Å². The van der Waals surface area contributed by atoms with E-state index < -0.39 is 0 Å². The highest BCUT2D eigenvalue weighted by atomic mass is 35.5. The first-order valence-corrected chi connectivity index (χ1v) is 6.92. The normalized spacial score (nSPS) is 24.1. The van der Waals surface area contributed by atoms with Gasteiger partial charge in [0.25, 0.3) is 0 Å². The molecule has 1 aliphatic heterocycles. The van der Waals surface area contributed by atoms with Gasteiger partial charge in [-0.15, -0.1) is 0 Å². The number of aliphatic hydroxyl groups excluding tert-OH is 1. The minimum Gasteiger partial charge on any atom is -0.392 e. The molecule has 1 heterocycles. The lowest BCUT2D eigenvalue weighted by atomic mass is 9.96. The summed E-state index contributed by atoms with van der Waals surface area (Å²) in [5, 5.41) is 10.4. The maximum atomic E-state index is 9.70. The third-order valence-electron chi connectivity index (χ3n) is 3.66. The lowest BCUT2D eigenvalue weighted by Gasteiger charge is -2.32. The standard InChI is InChI=1S/C14H21ClN2O/c1-2-13(16)14(17-7-6-12(18)9-17)10-4-3-5-11(15)8-10/h3-5,8,12-14,18H,2,6-7,9,16H2,1H3. The van der Waals surface area contributed by atoms with Gasteiger partial charge < -0.3 is 10.8 Å². The molecule has 0 radical (unpaired) electrons. The minimum absolute atomic E-state index is 0.0637. The second kappa shape index (κ2) is 6.02. The Bertz CT molecular complexity index is 399. The van der Waals surface area contributed by atoms with Gasteiger partial charge >= 0.3 is 0 Å². The van der Waals surface area contributed by atoms with Crippen LogP contribution < -0.4 is 5.73 Å². The van der Waals surface area contributed by atoms with Gasteiger partial charge in [0.2, 0.25) is 0 Å². The van der Waals surface area contributed by atoms with Crippen LogP contribution in [0.25, 0.3) is 0 Å². The average Bonchev–Trinajstić information content (AvgIpc) is 2.76. The molecule has 1 aromatic rings. The van der Waals surface area contributed by atoms with E-state index in [1.165, 1.54) is 0 Å². The predicted octanol–water partition coefficient (Wildman–Crippen LogP) is 2.19. The lowest BCUT2D eigenvalue weighted by molar-refractivity contribution is 0.148. The molecule has 0 saturated carbocycles. The Morgan fingerprint density at radius 1 is 1.56 bits per heavy atom. The number of hydrogen-bond acceptors (Lipinski definition) is 3. The van der Waals surface area contributed by atoms with Gasteiger partial charge in [0.05, 0.1) is 12.1 Å². The number of nitrogens with two attached hydrogens (primary N) is 1. The number of likely N-dealkylation sites (tertiary alicyclic amines) is 1. The van der Waals surface area contributed by atoms with Gasteiger partial charge in [-0.25, -0.2) is 0 Å². The Kier molecular flexibility index (Phi) is 4.62. The highest BCUT2D eigenvalue weighted by molar-refractivity contribution is 6.30. The van der Waals surface area contributed by atoms with E-state index in [0.717, 1.165) is 30.0 Å². The van der Waals surface area contributed by atoms with Gasteiger partial charge in [-0.3, -0.25) is 4.90 Å². The van der Waals surface area contributed by atoms with Gasteiger partial charge in [0.1, 0.15) is 0 Å². The number of halogens is 1. The summed E-state index contributed by atoms with van der Waals surface area (Å²) >= 11 is 6.06. The second-order valence-corrected chi connectivity index (χ2v) is 5.45. The van der Waals surface area contributed by atoms with Gasteiger partial charge in [0, 0.05) is 24.2 Å². The largest absolute Gasteiger partial charge is 0.392 e. The van der Waals surface area contributed by atoms with Crippen LogP contribution >= 0.6 is 11.6 Å². The fourth-order valence-corrected chi connectivity index (χ4v) is 2.86. The highest BCUT2D eigenvalue weighted by Gasteiger charge is 2.31. The van der Waals surface area contributed by atoms with Crippen molar-refractivity contribution in [2.45, 2.75) is 38.0 Å². The molecule has 0 spiro atoms. The number of nitrogens with zero attached hydrogens (tertiary/aromatic N) is 1. The summed E-state index contributed by atoms with van der Waals surface area (Å²) < 4.78 is 0. The van der Waals surface area contributed by atoms with Crippen LogP contribution in [0.15, 0.2) is 24.3 Å². The summed E-state index contributed by atoms with van der Waals surface area (Å²) in [6, 6.07) is 8.08. The van der Waals surface area contributed by atoms with E-state index in [2.05, 4.69) is 17.9 Å². The Morgan fingerprint density at radius 2 is 2.33 bits per heavy atom. The second-order valence-electron chi connectivity index (χ2n) is 5.01. The van der Waals surface area contributed by atoms with Crippen molar-refractivity contribution in [3.8, 4) is 0 Å². The number of aliphatic hydroxyl groups is 1. The van der Waals surface area contributed by atoms with E-state index in [4.69, 9.17) is 17.3 Å². The number of β-amino-alcohol motifs (C(OH)–C–C–N with tert-alkyl or cyclic N) is 1.